The van der Waals surface area contributed by atoms with Crippen molar-refractivity contribution in [2.75, 3.05) is 6.61 Å². The largest absolute Gasteiger partial charge is 0.368 e. The first kappa shape index (κ1) is 21.6. The summed E-state index contributed by atoms with van der Waals surface area (Å²) in [5.74, 6) is -1.08. The van der Waals surface area contributed by atoms with Gasteiger partial charge in [0.15, 0.2) is 12.4 Å². The molecule has 6 rings (SSSR count). The van der Waals surface area contributed by atoms with E-state index in [1.54, 1.807) is 0 Å². The van der Waals surface area contributed by atoms with Crippen LogP contribution in [0.2, 0.25) is 0 Å². The SMILES string of the molecule is c1ccc(CO[C@H]2[C@@H]3OC(c4ccccc4)OC[C@H]3OC3(N=N3)[C@H]2OCc2ccccc2)cc1. The Labute approximate surface area is 198 Å². The maximum Gasteiger partial charge on any atom is 0.322 e. The minimum Gasteiger partial charge on any atom is -0.368 e. The predicted octanol–water partition coefficient (Wildman–Crippen LogP) is 4.79. The molecule has 1 spiro atoms. The van der Waals surface area contributed by atoms with Crippen LogP contribution in [-0.4, -0.2) is 36.9 Å². The lowest BCUT2D eigenvalue weighted by Crippen LogP contribution is -2.64. The molecule has 3 heterocycles. The van der Waals surface area contributed by atoms with Gasteiger partial charge in [-0.15, -0.1) is 10.2 Å². The molecule has 2 fully saturated rings. The zero-order valence-corrected chi connectivity index (χ0v) is 18.6. The maximum absolute atomic E-state index is 6.49. The average Bonchev–Trinajstić information content (AvgIpc) is 3.67. The van der Waals surface area contributed by atoms with Gasteiger partial charge in [-0.25, -0.2) is 0 Å². The van der Waals surface area contributed by atoms with Crippen LogP contribution in [0, 0.1) is 0 Å². The van der Waals surface area contributed by atoms with Gasteiger partial charge in [0, 0.05) is 5.56 Å². The number of nitrogens with zero attached hydrogens (tertiary/aromatic N) is 2. The van der Waals surface area contributed by atoms with Gasteiger partial charge in [-0.3, -0.25) is 0 Å². The molecule has 0 N–H and O–H groups in total. The van der Waals surface area contributed by atoms with Gasteiger partial charge in [0.1, 0.15) is 18.3 Å². The zero-order chi connectivity index (χ0) is 22.8. The molecule has 3 aromatic rings. The molecule has 0 radical (unpaired) electrons. The molecule has 1 unspecified atom stereocenters. The van der Waals surface area contributed by atoms with Crippen LogP contribution in [0.1, 0.15) is 23.0 Å². The summed E-state index contributed by atoms with van der Waals surface area (Å²) in [6, 6.07) is 30.0. The predicted molar refractivity (Wildman–Crippen MR) is 123 cm³/mol. The summed E-state index contributed by atoms with van der Waals surface area (Å²) in [5.41, 5.74) is 3.07. The van der Waals surface area contributed by atoms with Crippen LogP contribution in [0.4, 0.5) is 0 Å². The van der Waals surface area contributed by atoms with Gasteiger partial charge >= 0.3 is 5.85 Å². The van der Waals surface area contributed by atoms with Crippen LogP contribution in [0.5, 0.6) is 0 Å². The third-order valence-corrected chi connectivity index (χ3v) is 6.30. The van der Waals surface area contributed by atoms with Gasteiger partial charge in [-0.05, 0) is 11.1 Å². The second-order valence-corrected chi connectivity index (χ2v) is 8.67. The molecule has 0 aliphatic carbocycles. The van der Waals surface area contributed by atoms with E-state index in [9.17, 15) is 0 Å². The standard InChI is InChI=1S/C27H26N2O5/c1-4-10-19(11-5-1)16-30-24-23-22(18-32-26(33-23)21-14-8-3-9-15-21)34-27(28-29-27)25(24)31-17-20-12-6-2-7-13-20/h1-15,22-26H,16-18H2/t22-,23-,24+,25+,26?/m1/s1. The Balaban J connectivity index is 1.26. The summed E-state index contributed by atoms with van der Waals surface area (Å²) >= 11 is 0. The molecule has 5 atom stereocenters. The van der Waals surface area contributed by atoms with Gasteiger partial charge in [-0.1, -0.05) is 91.0 Å². The number of benzene rings is 3. The van der Waals surface area contributed by atoms with Crippen molar-refractivity contribution in [1.29, 1.82) is 0 Å². The van der Waals surface area contributed by atoms with Gasteiger partial charge in [0.2, 0.25) is 0 Å². The minimum absolute atomic E-state index is 0.355. The molecule has 34 heavy (non-hydrogen) atoms. The number of fused-ring (bicyclic) bond motifs is 1. The maximum atomic E-state index is 6.49. The van der Waals surface area contributed by atoms with Crippen molar-refractivity contribution >= 4 is 0 Å². The molecule has 7 heteroatoms. The van der Waals surface area contributed by atoms with E-state index in [4.69, 9.17) is 23.7 Å². The Morgan fingerprint density at radius 3 is 1.97 bits per heavy atom. The smallest absolute Gasteiger partial charge is 0.322 e. The normalized spacial score (nSPS) is 29.0. The Morgan fingerprint density at radius 1 is 0.765 bits per heavy atom. The second-order valence-electron chi connectivity index (χ2n) is 8.67. The molecular formula is C27H26N2O5. The van der Waals surface area contributed by atoms with Crippen LogP contribution in [0.25, 0.3) is 0 Å². The zero-order valence-electron chi connectivity index (χ0n) is 18.6. The van der Waals surface area contributed by atoms with E-state index in [1.807, 2.05) is 91.0 Å². The van der Waals surface area contributed by atoms with Gasteiger partial charge < -0.3 is 23.7 Å². The highest BCUT2D eigenvalue weighted by atomic mass is 16.7. The number of ether oxygens (including phenoxy) is 5. The Hall–Kier alpha value is -2.94. The van der Waals surface area contributed by atoms with Crippen molar-refractivity contribution in [3.8, 4) is 0 Å². The summed E-state index contributed by atoms with van der Waals surface area (Å²) in [6.07, 6.45) is -2.28. The summed E-state index contributed by atoms with van der Waals surface area (Å²) in [6.45, 7) is 1.16. The molecule has 0 saturated carbocycles. The van der Waals surface area contributed by atoms with E-state index in [-0.39, 0.29) is 6.10 Å². The van der Waals surface area contributed by atoms with Crippen LogP contribution in [0.15, 0.2) is 101 Å². The Bertz CT molecular complexity index is 1110. The van der Waals surface area contributed by atoms with Crippen molar-refractivity contribution in [3.05, 3.63) is 108 Å². The molecular weight excluding hydrogens is 432 g/mol. The van der Waals surface area contributed by atoms with E-state index < -0.39 is 30.5 Å². The molecule has 174 valence electrons. The van der Waals surface area contributed by atoms with E-state index in [1.165, 1.54) is 0 Å². The molecule has 3 aliphatic rings. The van der Waals surface area contributed by atoms with Gasteiger partial charge in [0.25, 0.3) is 0 Å². The van der Waals surface area contributed by atoms with Crippen molar-refractivity contribution < 1.29 is 23.7 Å². The second kappa shape index (κ2) is 9.37. The highest BCUT2D eigenvalue weighted by molar-refractivity contribution is 5.18. The van der Waals surface area contributed by atoms with Crippen molar-refractivity contribution in [2.24, 2.45) is 10.2 Å². The highest BCUT2D eigenvalue weighted by Crippen LogP contribution is 2.47. The fourth-order valence-corrected chi connectivity index (χ4v) is 4.52. The van der Waals surface area contributed by atoms with Crippen LogP contribution in [-0.2, 0) is 36.9 Å². The van der Waals surface area contributed by atoms with E-state index >= 15 is 0 Å². The number of rotatable bonds is 7. The lowest BCUT2D eigenvalue weighted by molar-refractivity contribution is -0.348. The quantitative estimate of drug-likeness (QED) is 0.509. The lowest BCUT2D eigenvalue weighted by Gasteiger charge is -2.47. The first-order valence-corrected chi connectivity index (χ1v) is 11.6. The monoisotopic (exact) mass is 458 g/mol. The first-order valence-electron chi connectivity index (χ1n) is 11.6. The third-order valence-electron chi connectivity index (χ3n) is 6.30. The highest BCUT2D eigenvalue weighted by Gasteiger charge is 2.64. The van der Waals surface area contributed by atoms with Crippen molar-refractivity contribution in [3.63, 3.8) is 0 Å². The molecule has 7 nitrogen and oxygen atoms in total. The molecule has 2 saturated heterocycles. The van der Waals surface area contributed by atoms with E-state index in [0.29, 0.717) is 19.8 Å². The minimum atomic E-state index is -1.08. The molecule has 3 aromatic carbocycles. The molecule has 0 aromatic heterocycles. The van der Waals surface area contributed by atoms with Gasteiger partial charge in [-0.2, -0.15) is 0 Å². The molecule has 0 bridgehead atoms. The third kappa shape index (κ3) is 4.41. The van der Waals surface area contributed by atoms with Crippen LogP contribution in [0.3, 0.4) is 0 Å². The summed E-state index contributed by atoms with van der Waals surface area (Å²) in [5, 5.41) is 8.49. The van der Waals surface area contributed by atoms with Crippen LogP contribution < -0.4 is 0 Å². The summed E-state index contributed by atoms with van der Waals surface area (Å²) < 4.78 is 31.6. The fraction of sp³-hybridized carbons (Fsp3) is 0.333. The Kier molecular flexibility index (Phi) is 5.95. The Morgan fingerprint density at radius 2 is 1.35 bits per heavy atom. The average molecular weight is 459 g/mol. The van der Waals surface area contributed by atoms with E-state index in [0.717, 1.165) is 16.7 Å². The van der Waals surface area contributed by atoms with Crippen LogP contribution >= 0.6 is 0 Å². The topological polar surface area (TPSA) is 70.9 Å². The molecule has 0 amide bonds. The van der Waals surface area contributed by atoms with Crippen molar-refractivity contribution in [1.82, 2.24) is 0 Å². The molecule has 3 aliphatic heterocycles. The number of hydrogen-bond acceptors (Lipinski definition) is 7. The van der Waals surface area contributed by atoms with Crippen molar-refractivity contribution in [2.45, 2.75) is 49.8 Å². The van der Waals surface area contributed by atoms with Gasteiger partial charge in [0.05, 0.1) is 19.8 Å². The summed E-state index contributed by atoms with van der Waals surface area (Å²) in [7, 11) is 0. The lowest BCUT2D eigenvalue weighted by atomic mass is 9.94. The first-order chi connectivity index (χ1) is 16.8. The fourth-order valence-electron chi connectivity index (χ4n) is 4.52. The van der Waals surface area contributed by atoms with E-state index in [2.05, 4.69) is 10.2 Å². The summed E-state index contributed by atoms with van der Waals surface area (Å²) in [4.78, 5) is 0. The number of hydrogen-bond donors (Lipinski definition) is 0.